The predicted octanol–water partition coefficient (Wildman–Crippen LogP) is 3.45. The Morgan fingerprint density at radius 1 is 1.50 bits per heavy atom. The lowest BCUT2D eigenvalue weighted by Gasteiger charge is -2.19. The molecule has 0 aromatic carbocycles. The van der Waals surface area contributed by atoms with Crippen LogP contribution < -0.4 is 5.32 Å². The molecule has 5 heteroatoms. The molecule has 0 unspecified atom stereocenters. The Labute approximate surface area is 112 Å². The van der Waals surface area contributed by atoms with E-state index >= 15 is 0 Å². The Kier molecular flexibility index (Phi) is 4.57. The van der Waals surface area contributed by atoms with Crippen LogP contribution in [0.25, 0.3) is 0 Å². The first-order valence-corrected chi connectivity index (χ1v) is 5.78. The normalized spacial score (nSPS) is 10.3. The molecule has 4 nitrogen and oxygen atoms in total. The lowest BCUT2D eigenvalue weighted by Crippen LogP contribution is -2.27. The van der Waals surface area contributed by atoms with E-state index < -0.39 is 11.7 Å². The van der Waals surface area contributed by atoms with Crippen LogP contribution in [0.5, 0.6) is 0 Å². The van der Waals surface area contributed by atoms with Gasteiger partial charge in [0.25, 0.3) is 0 Å². The first kappa shape index (κ1) is 14.3. The fraction of sp³-hybridized carbons (Fsp3) is 0.385. The van der Waals surface area contributed by atoms with Gasteiger partial charge >= 0.3 is 6.09 Å². The van der Waals surface area contributed by atoms with E-state index in [0.29, 0.717) is 16.4 Å². The van der Waals surface area contributed by atoms with Gasteiger partial charge in [-0.3, -0.25) is 5.32 Å². The Morgan fingerprint density at radius 3 is 2.72 bits per heavy atom. The van der Waals surface area contributed by atoms with E-state index in [0.717, 1.165) is 0 Å². The van der Waals surface area contributed by atoms with Crippen molar-refractivity contribution in [2.75, 3.05) is 5.32 Å². The highest BCUT2D eigenvalue weighted by Gasteiger charge is 2.17. The second-order valence-corrected chi connectivity index (χ2v) is 4.94. The van der Waals surface area contributed by atoms with E-state index in [1.807, 2.05) is 0 Å². The van der Waals surface area contributed by atoms with Crippen LogP contribution in [-0.4, -0.2) is 16.7 Å². The molecule has 0 bridgehead atoms. The summed E-state index contributed by atoms with van der Waals surface area (Å²) in [5.74, 6) is 5.58. The number of pyridine rings is 1. The summed E-state index contributed by atoms with van der Waals surface area (Å²) in [6.07, 6.45) is 0.900. The van der Waals surface area contributed by atoms with Gasteiger partial charge in [-0.1, -0.05) is 17.5 Å². The average molecular weight is 267 g/mol. The van der Waals surface area contributed by atoms with Gasteiger partial charge < -0.3 is 4.74 Å². The number of amides is 1. The minimum Gasteiger partial charge on any atom is -0.444 e. The molecular formula is C13H15ClN2O2. The smallest absolute Gasteiger partial charge is 0.412 e. The number of ether oxygens (including phenoxy) is 1. The summed E-state index contributed by atoms with van der Waals surface area (Å²) in [6.45, 7) is 7.07. The van der Waals surface area contributed by atoms with E-state index in [2.05, 4.69) is 22.1 Å². The summed E-state index contributed by atoms with van der Waals surface area (Å²) in [5.41, 5.74) is 0.520. The molecule has 18 heavy (non-hydrogen) atoms. The van der Waals surface area contributed by atoms with Crippen molar-refractivity contribution in [3.63, 3.8) is 0 Å². The molecule has 1 amide bonds. The molecule has 96 valence electrons. The third-order valence-electron chi connectivity index (χ3n) is 1.77. The molecule has 0 aliphatic heterocycles. The Balaban J connectivity index is 2.90. The quantitative estimate of drug-likeness (QED) is 0.626. The fourth-order valence-corrected chi connectivity index (χ4v) is 1.34. The average Bonchev–Trinajstić information content (AvgIpc) is 2.20. The monoisotopic (exact) mass is 266 g/mol. The predicted molar refractivity (Wildman–Crippen MR) is 71.7 cm³/mol. The lowest BCUT2D eigenvalue weighted by atomic mass is 10.2. The number of carbonyl (C=O) groups excluding carboxylic acids is 1. The van der Waals surface area contributed by atoms with Crippen LogP contribution in [0.3, 0.4) is 0 Å². The zero-order valence-corrected chi connectivity index (χ0v) is 11.6. The number of anilines is 1. The van der Waals surface area contributed by atoms with Crippen LogP contribution in [0, 0.1) is 11.8 Å². The summed E-state index contributed by atoms with van der Waals surface area (Å²) in [7, 11) is 0. The van der Waals surface area contributed by atoms with Crippen molar-refractivity contribution in [3.8, 4) is 11.8 Å². The highest BCUT2D eigenvalue weighted by Crippen LogP contribution is 2.18. The van der Waals surface area contributed by atoms with E-state index in [9.17, 15) is 4.79 Å². The maximum Gasteiger partial charge on any atom is 0.412 e. The highest BCUT2D eigenvalue weighted by molar-refractivity contribution is 6.29. The maximum atomic E-state index is 11.6. The summed E-state index contributed by atoms with van der Waals surface area (Å²) >= 11 is 5.77. The molecule has 0 fully saturated rings. The van der Waals surface area contributed by atoms with Gasteiger partial charge in [-0.2, -0.15) is 0 Å². The number of carbonyl (C=O) groups is 1. The van der Waals surface area contributed by atoms with Crippen molar-refractivity contribution in [3.05, 3.63) is 23.0 Å². The van der Waals surface area contributed by atoms with Gasteiger partial charge in [-0.15, -0.1) is 5.92 Å². The zero-order valence-electron chi connectivity index (χ0n) is 10.8. The third-order valence-corrected chi connectivity index (χ3v) is 1.97. The molecule has 1 N–H and O–H groups in total. The molecule has 1 heterocycles. The van der Waals surface area contributed by atoms with Crippen molar-refractivity contribution >= 4 is 23.4 Å². The lowest BCUT2D eigenvalue weighted by molar-refractivity contribution is 0.0636. The topological polar surface area (TPSA) is 51.2 Å². The number of halogens is 1. The minimum absolute atomic E-state index is 0.322. The molecule has 0 aliphatic rings. The maximum absolute atomic E-state index is 11.6. The van der Waals surface area contributed by atoms with Gasteiger partial charge in [-0.25, -0.2) is 9.78 Å². The highest BCUT2D eigenvalue weighted by atomic mass is 35.5. The van der Waals surface area contributed by atoms with E-state index in [-0.39, 0.29) is 0 Å². The second kappa shape index (κ2) is 5.74. The van der Waals surface area contributed by atoms with Crippen molar-refractivity contribution in [2.24, 2.45) is 0 Å². The molecule has 1 rings (SSSR count). The van der Waals surface area contributed by atoms with Gasteiger partial charge in [0, 0.05) is 0 Å². The fourth-order valence-electron chi connectivity index (χ4n) is 1.18. The Bertz CT molecular complexity index is 510. The molecule has 0 atom stereocenters. The molecule has 0 saturated heterocycles. The SMILES string of the molecule is CC#Cc1cc(Cl)ncc1NC(=O)OC(C)(C)C. The Hall–Kier alpha value is -1.73. The number of hydrogen-bond acceptors (Lipinski definition) is 3. The summed E-state index contributed by atoms with van der Waals surface area (Å²) in [6, 6.07) is 1.59. The van der Waals surface area contributed by atoms with Crippen LogP contribution in [-0.2, 0) is 4.74 Å². The summed E-state index contributed by atoms with van der Waals surface area (Å²) in [4.78, 5) is 15.5. The van der Waals surface area contributed by atoms with Crippen molar-refractivity contribution in [2.45, 2.75) is 33.3 Å². The largest absolute Gasteiger partial charge is 0.444 e. The molecule has 1 aromatic rings. The van der Waals surface area contributed by atoms with Gasteiger partial charge in [0.05, 0.1) is 17.4 Å². The van der Waals surface area contributed by atoms with Gasteiger partial charge in [-0.05, 0) is 33.8 Å². The molecular weight excluding hydrogens is 252 g/mol. The van der Waals surface area contributed by atoms with E-state index in [1.54, 1.807) is 33.8 Å². The van der Waals surface area contributed by atoms with E-state index in [1.165, 1.54) is 6.20 Å². The minimum atomic E-state index is -0.555. The molecule has 0 spiro atoms. The number of aromatic nitrogens is 1. The Morgan fingerprint density at radius 2 is 2.17 bits per heavy atom. The molecule has 1 aromatic heterocycles. The summed E-state index contributed by atoms with van der Waals surface area (Å²) in [5, 5.41) is 2.92. The van der Waals surface area contributed by atoms with Crippen LogP contribution in [0.2, 0.25) is 5.15 Å². The molecule has 0 radical (unpaired) electrons. The number of rotatable bonds is 1. The first-order chi connectivity index (χ1) is 8.31. The van der Waals surface area contributed by atoms with E-state index in [4.69, 9.17) is 16.3 Å². The van der Waals surface area contributed by atoms with Crippen LogP contribution in [0.4, 0.5) is 10.5 Å². The zero-order chi connectivity index (χ0) is 13.8. The standard InChI is InChI=1S/C13H15ClN2O2/c1-5-6-9-7-11(14)15-8-10(9)16-12(17)18-13(2,3)4/h7-8H,1-4H3,(H,16,17). The van der Waals surface area contributed by atoms with Gasteiger partial charge in [0.2, 0.25) is 0 Å². The second-order valence-electron chi connectivity index (χ2n) is 4.55. The number of nitrogens with one attached hydrogen (secondary N) is 1. The summed E-state index contributed by atoms with van der Waals surface area (Å²) < 4.78 is 5.15. The van der Waals surface area contributed by atoms with Gasteiger partial charge in [0.1, 0.15) is 10.8 Å². The van der Waals surface area contributed by atoms with Crippen LogP contribution in [0.15, 0.2) is 12.3 Å². The van der Waals surface area contributed by atoms with Crippen molar-refractivity contribution in [1.82, 2.24) is 4.98 Å². The number of nitrogens with zero attached hydrogens (tertiary/aromatic N) is 1. The molecule has 0 aliphatic carbocycles. The van der Waals surface area contributed by atoms with Crippen molar-refractivity contribution < 1.29 is 9.53 Å². The first-order valence-electron chi connectivity index (χ1n) is 5.40. The molecule has 0 saturated carbocycles. The number of hydrogen-bond donors (Lipinski definition) is 1. The van der Waals surface area contributed by atoms with Crippen LogP contribution in [0.1, 0.15) is 33.3 Å². The van der Waals surface area contributed by atoms with Crippen LogP contribution >= 0.6 is 11.6 Å². The van der Waals surface area contributed by atoms with Gasteiger partial charge in [0.15, 0.2) is 0 Å². The third kappa shape index (κ3) is 4.64. The van der Waals surface area contributed by atoms with Crippen molar-refractivity contribution in [1.29, 1.82) is 0 Å².